The van der Waals surface area contributed by atoms with Crippen LogP contribution < -0.4 is 44.6 Å². The lowest BCUT2D eigenvalue weighted by Gasteiger charge is -2.24. The van der Waals surface area contributed by atoms with Crippen LogP contribution in [0.5, 0.6) is 0 Å². The number of nitrogens with one attached hydrogen (secondary N) is 4. The number of carbonyl (C=O) groups is 2. The third-order valence-electron chi connectivity index (χ3n) is 7.07. The lowest BCUT2D eigenvalue weighted by atomic mass is 10.0. The Hall–Kier alpha value is -0.860. The third kappa shape index (κ3) is 30.6. The molecule has 12 heteroatoms. The summed E-state index contributed by atoms with van der Waals surface area (Å²) in [5.74, 6) is -0.00410. The van der Waals surface area contributed by atoms with Gasteiger partial charge in [-0.15, -0.1) is 0 Å². The fourth-order valence-electron chi connectivity index (χ4n) is 4.53. The molecule has 0 spiro atoms. The van der Waals surface area contributed by atoms with Crippen LogP contribution in [-0.2, 0) is 14.8 Å². The highest BCUT2D eigenvalue weighted by molar-refractivity contribution is 7.89. The van der Waals surface area contributed by atoms with Gasteiger partial charge in [-0.1, -0.05) is 103 Å². The van der Waals surface area contributed by atoms with Crippen LogP contribution in [0.3, 0.4) is 0 Å². The Labute approximate surface area is 275 Å². The van der Waals surface area contributed by atoms with Gasteiger partial charge in [0, 0.05) is 26.6 Å². The molecule has 1 unspecified atom stereocenters. The molecule has 252 valence electrons. The minimum Gasteiger partial charge on any atom is -1.00 e. The molecule has 0 aliphatic rings. The van der Waals surface area contributed by atoms with Crippen molar-refractivity contribution in [2.24, 2.45) is 0 Å². The molecule has 0 bridgehead atoms. The molecular weight excluding hydrogens is 669 g/mol. The molecule has 0 saturated carbocycles. The van der Waals surface area contributed by atoms with Crippen LogP contribution >= 0.6 is 0 Å². The minimum absolute atomic E-state index is 0. The lowest BCUT2D eigenvalue weighted by molar-refractivity contribution is -0.870. The number of rotatable bonds is 27. The van der Waals surface area contributed by atoms with Crippen LogP contribution in [0.25, 0.3) is 0 Å². The number of halogens is 1. The van der Waals surface area contributed by atoms with Gasteiger partial charge in [0.05, 0.1) is 39.5 Å². The van der Waals surface area contributed by atoms with E-state index >= 15 is 0 Å². The number of nitrogens with zero attached hydrogens (tertiary/aromatic N) is 1. The number of hydrogen-bond acceptors (Lipinski definition) is 5. The van der Waals surface area contributed by atoms with Crippen molar-refractivity contribution in [1.82, 2.24) is 20.7 Å². The van der Waals surface area contributed by atoms with Crippen molar-refractivity contribution in [1.29, 1.82) is 0 Å². The van der Waals surface area contributed by atoms with E-state index in [4.69, 9.17) is 4.74 Å². The first kappa shape index (κ1) is 43.3. The Morgan fingerprint density at radius 2 is 1.24 bits per heavy atom. The van der Waals surface area contributed by atoms with Gasteiger partial charge in [0.15, 0.2) is 0 Å². The van der Waals surface area contributed by atoms with Crippen LogP contribution in [-0.4, -0.2) is 91.3 Å². The minimum atomic E-state index is -3.51. The summed E-state index contributed by atoms with van der Waals surface area (Å²) in [6, 6.07) is -1.17. The van der Waals surface area contributed by atoms with Crippen LogP contribution in [0.2, 0.25) is 0 Å². The number of carbonyl (C=O) groups excluding carboxylic acids is 2. The van der Waals surface area contributed by atoms with Gasteiger partial charge < -0.3 is 49.1 Å². The Morgan fingerprint density at radius 3 is 1.69 bits per heavy atom. The van der Waals surface area contributed by atoms with Gasteiger partial charge in [-0.05, 0) is 6.42 Å². The van der Waals surface area contributed by atoms with E-state index in [1.165, 1.54) is 96.9 Å². The molecule has 0 aromatic heterocycles. The molecule has 42 heavy (non-hydrogen) atoms. The van der Waals surface area contributed by atoms with Gasteiger partial charge >= 0.3 is 12.1 Å². The number of sulfonamides is 1. The number of unbranched alkanes of at least 4 members (excludes halogenated alkanes) is 15. The van der Waals surface area contributed by atoms with Crippen molar-refractivity contribution >= 4 is 22.1 Å². The van der Waals surface area contributed by atoms with Crippen molar-refractivity contribution in [2.45, 2.75) is 122 Å². The normalized spacial score (nSPS) is 12.3. The molecule has 1 atom stereocenters. The van der Waals surface area contributed by atoms with Crippen LogP contribution in [0, 0.1) is 0 Å². The fraction of sp³-hybridized carbons (Fsp3) is 0.933. The fourth-order valence-corrected chi connectivity index (χ4v) is 5.64. The molecule has 0 aromatic rings. The van der Waals surface area contributed by atoms with Crippen molar-refractivity contribution in [3.63, 3.8) is 0 Å². The Kier molecular flexibility index (Phi) is 28.5. The van der Waals surface area contributed by atoms with E-state index < -0.39 is 28.2 Å². The number of quaternary nitrogens is 1. The molecule has 0 heterocycles. The SMILES string of the molecule is CCCCCCCCCCCCCCCCCCNC(=O)OCC(CNS(=O)(=O)CCC[N+](C)(C)C)NC(=O)NC.[I-]. The zero-order valence-corrected chi connectivity index (χ0v) is 30.4. The number of ether oxygens (including phenoxy) is 1. The molecule has 0 rings (SSSR count). The number of urea groups is 1. The van der Waals surface area contributed by atoms with Crippen molar-refractivity contribution in [3.05, 3.63) is 0 Å². The molecule has 10 nitrogen and oxygen atoms in total. The average molecular weight is 734 g/mol. The molecule has 3 amide bonds. The van der Waals surface area contributed by atoms with Crippen LogP contribution in [0.15, 0.2) is 0 Å². The second-order valence-corrected chi connectivity index (χ2v) is 14.2. The molecule has 4 N–H and O–H groups in total. The quantitative estimate of drug-likeness (QED) is 0.0587. The molecule has 0 radical (unpaired) electrons. The van der Waals surface area contributed by atoms with E-state index in [2.05, 4.69) is 27.6 Å². The summed E-state index contributed by atoms with van der Waals surface area (Å²) in [6.07, 6.45) is 20.7. The first-order chi connectivity index (χ1) is 19.5. The van der Waals surface area contributed by atoms with E-state index in [1.807, 2.05) is 21.1 Å². The zero-order valence-electron chi connectivity index (χ0n) is 27.4. The second kappa shape index (κ2) is 27.7. The Morgan fingerprint density at radius 1 is 0.762 bits per heavy atom. The lowest BCUT2D eigenvalue weighted by Crippen LogP contribution is -3.00. The van der Waals surface area contributed by atoms with Crippen molar-refractivity contribution in [3.8, 4) is 0 Å². The molecular formula is C30H64IN5O5S. The first-order valence-electron chi connectivity index (χ1n) is 16.2. The van der Waals surface area contributed by atoms with Gasteiger partial charge in [-0.2, -0.15) is 0 Å². The second-order valence-electron chi connectivity index (χ2n) is 12.3. The van der Waals surface area contributed by atoms with Crippen LogP contribution in [0.4, 0.5) is 9.59 Å². The summed E-state index contributed by atoms with van der Waals surface area (Å²) >= 11 is 0. The van der Waals surface area contributed by atoms with Gasteiger partial charge in [-0.25, -0.2) is 22.7 Å². The van der Waals surface area contributed by atoms with E-state index in [-0.39, 0.29) is 42.9 Å². The summed E-state index contributed by atoms with van der Waals surface area (Å²) < 4.78 is 33.1. The largest absolute Gasteiger partial charge is 1.00 e. The summed E-state index contributed by atoms with van der Waals surface area (Å²) in [5, 5.41) is 7.79. The van der Waals surface area contributed by atoms with E-state index in [0.29, 0.717) is 17.4 Å². The number of hydrogen-bond donors (Lipinski definition) is 4. The van der Waals surface area contributed by atoms with Gasteiger partial charge in [0.1, 0.15) is 6.61 Å². The molecule has 0 aliphatic heterocycles. The molecule has 0 aromatic carbocycles. The highest BCUT2D eigenvalue weighted by Gasteiger charge is 2.19. The summed E-state index contributed by atoms with van der Waals surface area (Å²) in [7, 11) is 3.98. The predicted molar refractivity (Wildman–Crippen MR) is 170 cm³/mol. The van der Waals surface area contributed by atoms with Gasteiger partial charge in [0.2, 0.25) is 10.0 Å². The Balaban J connectivity index is 0. The Bertz CT molecular complexity index is 766. The summed E-state index contributed by atoms with van der Waals surface area (Å²) in [4.78, 5) is 23.9. The highest BCUT2D eigenvalue weighted by Crippen LogP contribution is 2.13. The van der Waals surface area contributed by atoms with E-state index in [0.717, 1.165) is 19.4 Å². The average Bonchev–Trinajstić information content (AvgIpc) is 2.90. The third-order valence-corrected chi connectivity index (χ3v) is 8.50. The van der Waals surface area contributed by atoms with Gasteiger partial charge in [-0.3, -0.25) is 0 Å². The smallest absolute Gasteiger partial charge is 0.407 e. The first-order valence-corrected chi connectivity index (χ1v) is 17.8. The maximum Gasteiger partial charge on any atom is 0.407 e. The van der Waals surface area contributed by atoms with Crippen molar-refractivity contribution in [2.75, 3.05) is 60.2 Å². The summed E-state index contributed by atoms with van der Waals surface area (Å²) in [5.41, 5.74) is 0. The van der Waals surface area contributed by atoms with Gasteiger partial charge in [0.25, 0.3) is 0 Å². The monoisotopic (exact) mass is 733 g/mol. The standard InChI is InChI=1S/C30H63N5O5S.HI/c1-6-7-8-9-10-11-12-13-14-15-16-17-18-19-20-21-23-32-30(37)40-27-28(34-29(36)31-2)26-33-41(38,39)25-22-24-35(3,4)5;/h28,33H,6-27H2,1-5H3,(H2-,31,32,34,36,37);1H. The van der Waals surface area contributed by atoms with Crippen molar-refractivity contribution < 1.29 is 51.2 Å². The maximum absolute atomic E-state index is 12.3. The molecule has 0 aliphatic carbocycles. The highest BCUT2D eigenvalue weighted by atomic mass is 127. The van der Waals surface area contributed by atoms with Crippen LogP contribution in [0.1, 0.15) is 116 Å². The zero-order chi connectivity index (χ0) is 30.8. The number of amides is 3. The number of alkyl carbamates (subject to hydrolysis) is 1. The molecule has 0 saturated heterocycles. The van der Waals surface area contributed by atoms with E-state index in [9.17, 15) is 18.0 Å². The summed E-state index contributed by atoms with van der Waals surface area (Å²) in [6.45, 7) is 3.32. The predicted octanol–water partition coefficient (Wildman–Crippen LogP) is 2.29. The topological polar surface area (TPSA) is 126 Å². The maximum atomic E-state index is 12.3. The van der Waals surface area contributed by atoms with E-state index in [1.54, 1.807) is 0 Å². The molecule has 0 fully saturated rings.